The van der Waals surface area contributed by atoms with Crippen LogP contribution in [0.2, 0.25) is 0 Å². The highest BCUT2D eigenvalue weighted by molar-refractivity contribution is 7.89. The molecule has 6 heteroatoms. The van der Waals surface area contributed by atoms with Gasteiger partial charge in [-0.3, -0.25) is 4.79 Å². The number of hydrogen-bond donors (Lipinski definition) is 1. The third-order valence-corrected chi connectivity index (χ3v) is 5.40. The van der Waals surface area contributed by atoms with Gasteiger partial charge in [0.15, 0.2) is 0 Å². The molecule has 2 aromatic carbocycles. The largest absolute Gasteiger partial charge is 0.465 e. The summed E-state index contributed by atoms with van der Waals surface area (Å²) in [6.45, 7) is 5.43. The summed E-state index contributed by atoms with van der Waals surface area (Å²) in [5, 5.41) is 0. The van der Waals surface area contributed by atoms with Crippen LogP contribution in [-0.4, -0.2) is 27.0 Å². The van der Waals surface area contributed by atoms with Crippen LogP contribution in [0.4, 0.5) is 0 Å². The Balaban J connectivity index is 2.31. The van der Waals surface area contributed by atoms with E-state index in [-0.39, 0.29) is 17.9 Å². The lowest BCUT2D eigenvalue weighted by Gasteiger charge is -2.18. The minimum atomic E-state index is -3.85. The topological polar surface area (TPSA) is 72.5 Å². The van der Waals surface area contributed by atoms with E-state index in [4.69, 9.17) is 4.74 Å². The molecular weight excluding hydrogens is 338 g/mol. The van der Waals surface area contributed by atoms with Gasteiger partial charge in [-0.15, -0.1) is 0 Å². The smallest absolute Gasteiger partial charge is 0.324 e. The van der Waals surface area contributed by atoms with Crippen molar-refractivity contribution in [3.63, 3.8) is 0 Å². The van der Waals surface area contributed by atoms with E-state index in [9.17, 15) is 13.2 Å². The zero-order valence-corrected chi connectivity index (χ0v) is 15.5. The zero-order chi connectivity index (χ0) is 18.4. The number of hydrogen-bond acceptors (Lipinski definition) is 4. The molecule has 0 aliphatic heterocycles. The molecule has 2 aromatic rings. The predicted molar refractivity (Wildman–Crippen MR) is 96.8 cm³/mol. The maximum Gasteiger partial charge on any atom is 0.324 e. The normalized spacial score (nSPS) is 12.6. The number of esters is 1. The van der Waals surface area contributed by atoms with Gasteiger partial charge in [0.2, 0.25) is 10.0 Å². The lowest BCUT2D eigenvalue weighted by molar-refractivity contribution is -0.145. The van der Waals surface area contributed by atoms with Crippen LogP contribution in [0.5, 0.6) is 0 Å². The van der Waals surface area contributed by atoms with Crippen molar-refractivity contribution >= 4 is 16.0 Å². The summed E-state index contributed by atoms with van der Waals surface area (Å²) >= 11 is 0. The molecule has 1 atom stereocenters. The van der Waals surface area contributed by atoms with Crippen LogP contribution in [-0.2, 0) is 26.0 Å². The Labute approximate surface area is 149 Å². The molecule has 0 aromatic heterocycles. The molecule has 0 fully saturated rings. The van der Waals surface area contributed by atoms with Gasteiger partial charge in [-0.05, 0) is 49.9 Å². The molecule has 0 radical (unpaired) electrons. The van der Waals surface area contributed by atoms with E-state index in [2.05, 4.69) is 4.72 Å². The van der Waals surface area contributed by atoms with Crippen LogP contribution < -0.4 is 4.72 Å². The number of aryl methyl sites for hydroxylation is 2. The van der Waals surface area contributed by atoms with Crippen molar-refractivity contribution in [2.45, 2.75) is 38.1 Å². The standard InChI is InChI=1S/C19H23NO4S/c1-4-24-19(21)17(13-16-8-6-5-7-9-16)20-25(22,23)18-12-14(2)10-11-15(18)3/h5-12,17,20H,4,13H2,1-3H3. The summed E-state index contributed by atoms with van der Waals surface area (Å²) < 4.78 is 33.1. The quantitative estimate of drug-likeness (QED) is 0.770. The summed E-state index contributed by atoms with van der Waals surface area (Å²) in [4.78, 5) is 12.4. The van der Waals surface area contributed by atoms with Crippen molar-refractivity contribution < 1.29 is 17.9 Å². The van der Waals surface area contributed by atoms with Gasteiger partial charge < -0.3 is 4.74 Å². The van der Waals surface area contributed by atoms with Crippen molar-refractivity contribution in [2.24, 2.45) is 0 Å². The summed E-state index contributed by atoms with van der Waals surface area (Å²) in [6, 6.07) is 13.5. The van der Waals surface area contributed by atoms with E-state index >= 15 is 0 Å². The summed E-state index contributed by atoms with van der Waals surface area (Å²) in [6.07, 6.45) is 0.226. The first-order valence-corrected chi connectivity index (χ1v) is 9.62. The zero-order valence-electron chi connectivity index (χ0n) is 14.7. The average Bonchev–Trinajstić information content (AvgIpc) is 2.57. The number of nitrogens with one attached hydrogen (secondary N) is 1. The first kappa shape index (κ1) is 19.1. The first-order chi connectivity index (χ1) is 11.8. The SMILES string of the molecule is CCOC(=O)C(Cc1ccccc1)NS(=O)(=O)c1cc(C)ccc1C. The van der Waals surface area contributed by atoms with Gasteiger partial charge in [-0.25, -0.2) is 8.42 Å². The highest BCUT2D eigenvalue weighted by Gasteiger charge is 2.28. The Hall–Kier alpha value is -2.18. The highest BCUT2D eigenvalue weighted by Crippen LogP contribution is 2.18. The minimum Gasteiger partial charge on any atom is -0.465 e. The molecule has 25 heavy (non-hydrogen) atoms. The van der Waals surface area contributed by atoms with E-state index < -0.39 is 22.0 Å². The Bertz CT molecular complexity index is 832. The Kier molecular flexibility index (Phi) is 6.33. The van der Waals surface area contributed by atoms with Crippen LogP contribution in [0.3, 0.4) is 0 Å². The molecule has 0 bridgehead atoms. The molecule has 0 aliphatic carbocycles. The van der Waals surface area contributed by atoms with Crippen LogP contribution in [0.25, 0.3) is 0 Å². The van der Waals surface area contributed by atoms with E-state index in [0.29, 0.717) is 5.56 Å². The molecule has 134 valence electrons. The Morgan fingerprint density at radius 1 is 1.12 bits per heavy atom. The van der Waals surface area contributed by atoms with E-state index in [0.717, 1.165) is 11.1 Å². The maximum atomic E-state index is 12.8. The van der Waals surface area contributed by atoms with Crippen molar-refractivity contribution in [1.82, 2.24) is 4.72 Å². The van der Waals surface area contributed by atoms with Crippen molar-refractivity contribution in [1.29, 1.82) is 0 Å². The molecule has 0 aliphatic rings. The van der Waals surface area contributed by atoms with Crippen LogP contribution in [0.1, 0.15) is 23.6 Å². The minimum absolute atomic E-state index is 0.176. The van der Waals surface area contributed by atoms with E-state index in [1.165, 1.54) is 0 Å². The number of rotatable bonds is 7. The van der Waals surface area contributed by atoms with Gasteiger partial charge in [0.25, 0.3) is 0 Å². The van der Waals surface area contributed by atoms with Gasteiger partial charge >= 0.3 is 5.97 Å². The fourth-order valence-corrected chi connectivity index (χ4v) is 4.03. The Morgan fingerprint density at radius 3 is 2.44 bits per heavy atom. The van der Waals surface area contributed by atoms with Gasteiger partial charge in [0.05, 0.1) is 11.5 Å². The molecule has 0 spiro atoms. The van der Waals surface area contributed by atoms with E-state index in [1.807, 2.05) is 43.3 Å². The molecule has 0 amide bonds. The molecule has 2 rings (SSSR count). The number of carbonyl (C=O) groups is 1. The van der Waals surface area contributed by atoms with Gasteiger partial charge in [-0.1, -0.05) is 42.5 Å². The van der Waals surface area contributed by atoms with E-state index in [1.54, 1.807) is 26.0 Å². The second-order valence-corrected chi connectivity index (χ2v) is 7.57. The summed E-state index contributed by atoms with van der Waals surface area (Å²) in [5.74, 6) is -0.583. The van der Waals surface area contributed by atoms with Gasteiger partial charge in [-0.2, -0.15) is 4.72 Å². The van der Waals surface area contributed by atoms with Gasteiger partial charge in [0.1, 0.15) is 6.04 Å². The molecular formula is C19H23NO4S. The first-order valence-electron chi connectivity index (χ1n) is 8.13. The molecule has 0 heterocycles. The molecule has 0 saturated carbocycles. The number of ether oxygens (including phenoxy) is 1. The van der Waals surface area contributed by atoms with Gasteiger partial charge in [0, 0.05) is 0 Å². The molecule has 0 saturated heterocycles. The fourth-order valence-electron chi connectivity index (χ4n) is 2.51. The summed E-state index contributed by atoms with van der Waals surface area (Å²) in [7, 11) is -3.85. The summed E-state index contributed by atoms with van der Waals surface area (Å²) in [5.41, 5.74) is 2.31. The maximum absolute atomic E-state index is 12.8. The third kappa shape index (κ3) is 5.14. The van der Waals surface area contributed by atoms with Crippen LogP contribution in [0, 0.1) is 13.8 Å². The lowest BCUT2D eigenvalue weighted by atomic mass is 10.1. The average molecular weight is 361 g/mol. The molecule has 1 unspecified atom stereocenters. The molecule has 5 nitrogen and oxygen atoms in total. The monoisotopic (exact) mass is 361 g/mol. The number of benzene rings is 2. The highest BCUT2D eigenvalue weighted by atomic mass is 32.2. The Morgan fingerprint density at radius 2 is 1.80 bits per heavy atom. The van der Waals surface area contributed by atoms with Crippen LogP contribution >= 0.6 is 0 Å². The third-order valence-electron chi connectivity index (χ3n) is 3.78. The van der Waals surface area contributed by atoms with Crippen molar-refractivity contribution in [3.05, 3.63) is 65.2 Å². The second kappa shape index (κ2) is 8.27. The molecule has 1 N–H and O–H groups in total. The number of carbonyl (C=O) groups excluding carboxylic acids is 1. The number of sulfonamides is 1. The lowest BCUT2D eigenvalue weighted by Crippen LogP contribution is -2.43. The van der Waals surface area contributed by atoms with Crippen molar-refractivity contribution in [3.8, 4) is 0 Å². The van der Waals surface area contributed by atoms with Crippen LogP contribution in [0.15, 0.2) is 53.4 Å². The second-order valence-electron chi connectivity index (χ2n) is 5.88. The predicted octanol–water partition coefficient (Wildman–Crippen LogP) is 2.76. The fraction of sp³-hybridized carbons (Fsp3) is 0.316. The van der Waals surface area contributed by atoms with Crippen molar-refractivity contribution in [2.75, 3.05) is 6.61 Å².